The van der Waals surface area contributed by atoms with Gasteiger partial charge < -0.3 is 19.7 Å². The molecule has 0 fully saturated rings. The molecule has 0 unspecified atom stereocenters. The molecule has 27 heavy (non-hydrogen) atoms. The van der Waals surface area contributed by atoms with Gasteiger partial charge in [-0.2, -0.15) is 5.10 Å². The zero-order valence-corrected chi connectivity index (χ0v) is 16.4. The lowest BCUT2D eigenvalue weighted by Crippen LogP contribution is -2.28. The number of amides is 2. The number of hydrogen-bond donors (Lipinski definition) is 1. The number of nitrogens with zero attached hydrogens (tertiary/aromatic N) is 3. The number of methoxy groups -OCH3 is 1. The van der Waals surface area contributed by atoms with Gasteiger partial charge in [0.25, 0.3) is 5.91 Å². The van der Waals surface area contributed by atoms with Crippen molar-refractivity contribution in [2.45, 2.75) is 26.9 Å². The van der Waals surface area contributed by atoms with Gasteiger partial charge in [0.2, 0.25) is 5.91 Å². The summed E-state index contributed by atoms with van der Waals surface area (Å²) >= 11 is 0. The molecule has 1 aromatic heterocycles. The molecule has 2 rings (SSSR count). The summed E-state index contributed by atoms with van der Waals surface area (Å²) in [5.74, 6) is 0.715. The summed E-state index contributed by atoms with van der Waals surface area (Å²) in [6.07, 6.45) is 0. The maximum Gasteiger partial charge on any atom is 0.259 e. The van der Waals surface area contributed by atoms with Crippen LogP contribution in [0.5, 0.6) is 11.5 Å². The molecule has 0 aliphatic rings. The highest BCUT2D eigenvalue weighted by atomic mass is 16.5. The van der Waals surface area contributed by atoms with Gasteiger partial charge in [0.1, 0.15) is 6.54 Å². The Morgan fingerprint density at radius 1 is 1.19 bits per heavy atom. The summed E-state index contributed by atoms with van der Waals surface area (Å²) in [7, 11) is 4.86. The van der Waals surface area contributed by atoms with Crippen LogP contribution in [0.3, 0.4) is 0 Å². The zero-order valence-electron chi connectivity index (χ0n) is 16.4. The van der Waals surface area contributed by atoms with E-state index in [-0.39, 0.29) is 25.0 Å². The van der Waals surface area contributed by atoms with Gasteiger partial charge in [0, 0.05) is 26.3 Å². The van der Waals surface area contributed by atoms with Crippen LogP contribution in [-0.2, 0) is 22.7 Å². The summed E-state index contributed by atoms with van der Waals surface area (Å²) in [5.41, 5.74) is 2.69. The van der Waals surface area contributed by atoms with Crippen LogP contribution in [0.1, 0.15) is 17.0 Å². The van der Waals surface area contributed by atoms with Crippen molar-refractivity contribution < 1.29 is 19.1 Å². The molecule has 0 saturated carbocycles. The predicted octanol–water partition coefficient (Wildman–Crippen LogP) is 1.29. The molecule has 0 bridgehead atoms. The molecule has 0 radical (unpaired) electrons. The van der Waals surface area contributed by atoms with E-state index in [9.17, 15) is 9.59 Å². The Kier molecular flexibility index (Phi) is 6.81. The summed E-state index contributed by atoms with van der Waals surface area (Å²) in [6, 6.07) is 7.25. The van der Waals surface area contributed by atoms with Gasteiger partial charge in [0.05, 0.1) is 12.8 Å². The van der Waals surface area contributed by atoms with Crippen molar-refractivity contribution in [3.63, 3.8) is 0 Å². The van der Waals surface area contributed by atoms with Crippen LogP contribution in [0.2, 0.25) is 0 Å². The van der Waals surface area contributed by atoms with Crippen molar-refractivity contribution in [2.24, 2.45) is 0 Å². The molecule has 1 heterocycles. The fourth-order valence-corrected chi connectivity index (χ4v) is 2.44. The fraction of sp³-hybridized carbons (Fsp3) is 0.421. The Morgan fingerprint density at radius 3 is 2.52 bits per heavy atom. The van der Waals surface area contributed by atoms with E-state index in [4.69, 9.17) is 9.47 Å². The standard InChI is InChI=1S/C19H26N4O4/c1-13-8-14(2)23(21-13)11-18(24)20-10-15-6-7-16(17(9-15)26-5)27-12-19(25)22(3)4/h6-9H,10-12H2,1-5H3,(H,20,24). The number of aromatic nitrogens is 2. The van der Waals surface area contributed by atoms with Crippen molar-refractivity contribution in [3.05, 3.63) is 41.2 Å². The van der Waals surface area contributed by atoms with Crippen LogP contribution >= 0.6 is 0 Å². The fourth-order valence-electron chi connectivity index (χ4n) is 2.44. The third kappa shape index (κ3) is 5.73. The van der Waals surface area contributed by atoms with E-state index in [1.165, 1.54) is 12.0 Å². The molecule has 8 nitrogen and oxygen atoms in total. The van der Waals surface area contributed by atoms with E-state index in [0.29, 0.717) is 18.0 Å². The zero-order chi connectivity index (χ0) is 20.0. The summed E-state index contributed by atoms with van der Waals surface area (Å²) in [4.78, 5) is 25.2. The molecule has 146 valence electrons. The van der Waals surface area contributed by atoms with E-state index < -0.39 is 0 Å². The lowest BCUT2D eigenvalue weighted by Gasteiger charge is -2.14. The van der Waals surface area contributed by atoms with Gasteiger partial charge in [-0.15, -0.1) is 0 Å². The van der Waals surface area contributed by atoms with Crippen LogP contribution in [0.15, 0.2) is 24.3 Å². The first-order valence-corrected chi connectivity index (χ1v) is 8.57. The largest absolute Gasteiger partial charge is 0.493 e. The SMILES string of the molecule is COc1cc(CNC(=O)Cn2nc(C)cc2C)ccc1OCC(=O)N(C)C. The number of aryl methyl sites for hydroxylation is 2. The molecule has 2 aromatic rings. The van der Waals surface area contributed by atoms with Crippen molar-refractivity contribution >= 4 is 11.8 Å². The Bertz CT molecular complexity index is 814. The van der Waals surface area contributed by atoms with Gasteiger partial charge in [0.15, 0.2) is 18.1 Å². The first-order valence-electron chi connectivity index (χ1n) is 8.57. The van der Waals surface area contributed by atoms with Gasteiger partial charge >= 0.3 is 0 Å². The van der Waals surface area contributed by atoms with Gasteiger partial charge in [-0.1, -0.05) is 6.07 Å². The summed E-state index contributed by atoms with van der Waals surface area (Å²) < 4.78 is 12.5. The van der Waals surface area contributed by atoms with Crippen molar-refractivity contribution in [1.82, 2.24) is 20.0 Å². The predicted molar refractivity (Wildman–Crippen MR) is 101 cm³/mol. The highest BCUT2D eigenvalue weighted by molar-refractivity contribution is 5.77. The number of carbonyl (C=O) groups excluding carboxylic acids is 2. The van der Waals surface area contributed by atoms with E-state index >= 15 is 0 Å². The third-order valence-corrected chi connectivity index (χ3v) is 3.96. The van der Waals surface area contributed by atoms with Crippen LogP contribution in [0, 0.1) is 13.8 Å². The van der Waals surface area contributed by atoms with E-state index in [2.05, 4.69) is 10.4 Å². The Hall–Kier alpha value is -3.03. The van der Waals surface area contributed by atoms with Crippen molar-refractivity contribution in [2.75, 3.05) is 27.8 Å². The van der Waals surface area contributed by atoms with Crippen LogP contribution < -0.4 is 14.8 Å². The molecule has 2 amide bonds. The summed E-state index contributed by atoms with van der Waals surface area (Å²) in [6.45, 7) is 4.26. The average molecular weight is 374 g/mol. The topological polar surface area (TPSA) is 85.7 Å². The van der Waals surface area contributed by atoms with Gasteiger partial charge in [-0.05, 0) is 37.6 Å². The Balaban J connectivity index is 1.93. The highest BCUT2D eigenvalue weighted by Gasteiger charge is 2.11. The lowest BCUT2D eigenvalue weighted by molar-refractivity contribution is -0.130. The first-order chi connectivity index (χ1) is 12.8. The lowest BCUT2D eigenvalue weighted by atomic mass is 10.2. The second-order valence-electron chi connectivity index (χ2n) is 6.42. The minimum absolute atomic E-state index is 0.0674. The summed E-state index contributed by atoms with van der Waals surface area (Å²) in [5, 5.41) is 7.14. The number of ether oxygens (including phenoxy) is 2. The first kappa shape index (κ1) is 20.3. The monoisotopic (exact) mass is 374 g/mol. The van der Waals surface area contributed by atoms with Crippen LogP contribution in [0.25, 0.3) is 0 Å². The number of benzene rings is 1. The molecule has 0 spiro atoms. The molecule has 8 heteroatoms. The molecule has 0 saturated heterocycles. The maximum atomic E-state index is 12.1. The minimum atomic E-state index is -0.141. The Morgan fingerprint density at radius 2 is 1.93 bits per heavy atom. The number of rotatable bonds is 8. The second-order valence-corrected chi connectivity index (χ2v) is 6.42. The smallest absolute Gasteiger partial charge is 0.259 e. The number of hydrogen-bond acceptors (Lipinski definition) is 5. The van der Waals surface area contributed by atoms with E-state index in [1.807, 2.05) is 26.0 Å². The maximum absolute atomic E-state index is 12.1. The minimum Gasteiger partial charge on any atom is -0.493 e. The number of likely N-dealkylation sites (N-methyl/N-ethyl adjacent to an activating group) is 1. The van der Waals surface area contributed by atoms with Crippen LogP contribution in [0.4, 0.5) is 0 Å². The average Bonchev–Trinajstić information content (AvgIpc) is 2.94. The number of carbonyl (C=O) groups is 2. The Labute approximate surface area is 159 Å². The van der Waals surface area contributed by atoms with Crippen molar-refractivity contribution in [3.8, 4) is 11.5 Å². The molecule has 0 atom stereocenters. The molecule has 1 aromatic carbocycles. The highest BCUT2D eigenvalue weighted by Crippen LogP contribution is 2.28. The normalized spacial score (nSPS) is 10.4. The van der Waals surface area contributed by atoms with Crippen molar-refractivity contribution in [1.29, 1.82) is 0 Å². The molecular formula is C19H26N4O4. The van der Waals surface area contributed by atoms with Gasteiger partial charge in [-0.3, -0.25) is 14.3 Å². The molecule has 0 aliphatic heterocycles. The molecular weight excluding hydrogens is 348 g/mol. The van der Waals surface area contributed by atoms with Crippen LogP contribution in [-0.4, -0.2) is 54.3 Å². The molecule has 0 aliphatic carbocycles. The second kappa shape index (κ2) is 9.07. The third-order valence-electron chi connectivity index (χ3n) is 3.96. The van der Waals surface area contributed by atoms with E-state index in [0.717, 1.165) is 17.0 Å². The van der Waals surface area contributed by atoms with E-state index in [1.54, 1.807) is 30.9 Å². The van der Waals surface area contributed by atoms with Gasteiger partial charge in [-0.25, -0.2) is 0 Å². The molecule has 1 N–H and O–H groups in total. The number of nitrogens with one attached hydrogen (secondary N) is 1. The quantitative estimate of drug-likeness (QED) is 0.753.